The van der Waals surface area contributed by atoms with Crippen molar-refractivity contribution in [2.75, 3.05) is 13.1 Å². The number of aromatic nitrogens is 4. The highest BCUT2D eigenvalue weighted by Gasteiger charge is 2.16. The van der Waals surface area contributed by atoms with Crippen LogP contribution in [0.2, 0.25) is 0 Å². The fourth-order valence-corrected chi connectivity index (χ4v) is 3.78. The summed E-state index contributed by atoms with van der Waals surface area (Å²) in [5.41, 5.74) is 2.88. The Morgan fingerprint density at radius 2 is 1.76 bits per heavy atom. The minimum atomic E-state index is -0.459. The topological polar surface area (TPSA) is 119 Å². The standard InChI is InChI=1S/C23H27N7O3/c1-17-10-12-28(13-11-17)15-19-2-6-20(7-3-19)23-25-27-29(26-23)16-22(31)24-14-18-4-8-21(9-5-18)30(32)33/h2-9,17H,10-16H2,1H3,(H,24,31). The number of carbonyl (C=O) groups is 1. The number of nitrogens with zero attached hydrogens (tertiary/aromatic N) is 6. The molecular weight excluding hydrogens is 422 g/mol. The van der Waals surface area contributed by atoms with Gasteiger partial charge in [-0.15, -0.1) is 10.2 Å². The molecule has 4 rings (SSSR count). The molecule has 0 bridgehead atoms. The van der Waals surface area contributed by atoms with E-state index in [4.69, 9.17) is 0 Å². The Morgan fingerprint density at radius 3 is 2.42 bits per heavy atom. The first-order valence-corrected chi connectivity index (χ1v) is 11.1. The van der Waals surface area contributed by atoms with Crippen molar-refractivity contribution in [1.29, 1.82) is 0 Å². The molecule has 1 fully saturated rings. The van der Waals surface area contributed by atoms with Crippen LogP contribution >= 0.6 is 0 Å². The Morgan fingerprint density at radius 1 is 1.09 bits per heavy atom. The molecule has 33 heavy (non-hydrogen) atoms. The van der Waals surface area contributed by atoms with Crippen LogP contribution in [0.3, 0.4) is 0 Å². The fourth-order valence-electron chi connectivity index (χ4n) is 3.78. The molecule has 1 N–H and O–H groups in total. The third-order valence-electron chi connectivity index (χ3n) is 5.87. The molecule has 0 aliphatic carbocycles. The Bertz CT molecular complexity index is 1090. The Balaban J connectivity index is 1.27. The maximum Gasteiger partial charge on any atom is 0.269 e. The van der Waals surface area contributed by atoms with E-state index in [1.54, 1.807) is 12.1 Å². The number of nitro benzene ring substituents is 1. The maximum absolute atomic E-state index is 12.2. The first kappa shape index (κ1) is 22.5. The Labute approximate surface area is 191 Å². The van der Waals surface area contributed by atoms with E-state index >= 15 is 0 Å². The van der Waals surface area contributed by atoms with Crippen LogP contribution in [0, 0.1) is 16.0 Å². The van der Waals surface area contributed by atoms with E-state index < -0.39 is 4.92 Å². The van der Waals surface area contributed by atoms with Gasteiger partial charge in [0.05, 0.1) is 4.92 Å². The number of hydrogen-bond donors (Lipinski definition) is 1. The SMILES string of the molecule is CC1CCN(Cc2ccc(-c3nnn(CC(=O)NCc4ccc([N+](=O)[O-])cc4)n3)cc2)CC1. The number of amides is 1. The van der Waals surface area contributed by atoms with Crippen molar-refractivity contribution in [2.24, 2.45) is 5.92 Å². The van der Waals surface area contributed by atoms with Gasteiger partial charge < -0.3 is 5.32 Å². The third-order valence-corrected chi connectivity index (χ3v) is 5.87. The van der Waals surface area contributed by atoms with Crippen molar-refractivity contribution in [1.82, 2.24) is 30.4 Å². The molecule has 1 amide bonds. The molecule has 2 aromatic carbocycles. The molecule has 1 aliphatic rings. The van der Waals surface area contributed by atoms with Crippen molar-refractivity contribution in [3.63, 3.8) is 0 Å². The molecule has 3 aromatic rings. The average Bonchev–Trinajstić information content (AvgIpc) is 3.28. The van der Waals surface area contributed by atoms with Gasteiger partial charge in [0.15, 0.2) is 0 Å². The molecule has 0 spiro atoms. The Kier molecular flexibility index (Phi) is 7.04. The number of hydrogen-bond acceptors (Lipinski definition) is 7. The van der Waals surface area contributed by atoms with E-state index in [0.717, 1.165) is 36.7 Å². The molecule has 0 saturated carbocycles. The molecule has 1 aromatic heterocycles. The van der Waals surface area contributed by atoms with Crippen LogP contribution in [-0.4, -0.2) is 49.0 Å². The molecule has 172 valence electrons. The van der Waals surface area contributed by atoms with Crippen LogP contribution in [-0.2, 0) is 24.4 Å². The summed E-state index contributed by atoms with van der Waals surface area (Å²) in [5, 5.41) is 25.8. The molecule has 2 heterocycles. The lowest BCUT2D eigenvalue weighted by atomic mass is 9.99. The third kappa shape index (κ3) is 6.19. The lowest BCUT2D eigenvalue weighted by Crippen LogP contribution is -2.32. The normalized spacial score (nSPS) is 14.8. The number of piperidine rings is 1. The van der Waals surface area contributed by atoms with Gasteiger partial charge >= 0.3 is 0 Å². The molecule has 1 aliphatic heterocycles. The van der Waals surface area contributed by atoms with Crippen LogP contribution in [0.5, 0.6) is 0 Å². The van der Waals surface area contributed by atoms with Gasteiger partial charge in [0.2, 0.25) is 11.7 Å². The van der Waals surface area contributed by atoms with Crippen molar-refractivity contribution in [3.8, 4) is 11.4 Å². The highest BCUT2D eigenvalue weighted by atomic mass is 16.6. The number of rotatable bonds is 8. The zero-order valence-electron chi connectivity index (χ0n) is 18.6. The number of tetrazole rings is 1. The van der Waals surface area contributed by atoms with E-state index in [9.17, 15) is 14.9 Å². The van der Waals surface area contributed by atoms with Crippen LogP contribution in [0.1, 0.15) is 30.9 Å². The van der Waals surface area contributed by atoms with E-state index in [1.807, 2.05) is 12.1 Å². The zero-order chi connectivity index (χ0) is 23.2. The smallest absolute Gasteiger partial charge is 0.269 e. The van der Waals surface area contributed by atoms with Crippen LogP contribution < -0.4 is 5.32 Å². The summed E-state index contributed by atoms with van der Waals surface area (Å²) < 4.78 is 0. The van der Waals surface area contributed by atoms with Gasteiger partial charge in [-0.1, -0.05) is 43.3 Å². The van der Waals surface area contributed by atoms with Gasteiger partial charge in [-0.05, 0) is 48.2 Å². The highest BCUT2D eigenvalue weighted by molar-refractivity contribution is 5.75. The number of nitro groups is 1. The second kappa shape index (κ2) is 10.3. The van der Waals surface area contributed by atoms with Gasteiger partial charge in [0, 0.05) is 30.8 Å². The van der Waals surface area contributed by atoms with Gasteiger partial charge in [0.25, 0.3) is 5.69 Å². The quantitative estimate of drug-likeness (QED) is 0.415. The summed E-state index contributed by atoms with van der Waals surface area (Å²) in [5.74, 6) is 1.02. The Hall–Kier alpha value is -3.66. The van der Waals surface area contributed by atoms with Crippen LogP contribution in [0.25, 0.3) is 11.4 Å². The molecular formula is C23H27N7O3. The average molecular weight is 450 g/mol. The van der Waals surface area contributed by atoms with Crippen molar-refractivity contribution >= 4 is 11.6 Å². The van der Waals surface area contributed by atoms with E-state index in [-0.39, 0.29) is 24.7 Å². The predicted octanol–water partition coefficient (Wildman–Crippen LogP) is 2.80. The number of non-ortho nitro benzene ring substituents is 1. The molecule has 0 unspecified atom stereocenters. The van der Waals surface area contributed by atoms with Crippen LogP contribution in [0.15, 0.2) is 48.5 Å². The monoisotopic (exact) mass is 449 g/mol. The molecule has 10 nitrogen and oxygen atoms in total. The minimum absolute atomic E-state index is 0.0126. The van der Waals surface area contributed by atoms with Crippen molar-refractivity contribution in [2.45, 2.75) is 39.4 Å². The molecule has 1 saturated heterocycles. The lowest BCUT2D eigenvalue weighted by molar-refractivity contribution is -0.384. The first-order chi connectivity index (χ1) is 16.0. The highest BCUT2D eigenvalue weighted by Crippen LogP contribution is 2.20. The van der Waals surface area contributed by atoms with E-state index in [1.165, 1.54) is 35.3 Å². The predicted molar refractivity (Wildman–Crippen MR) is 122 cm³/mol. The lowest BCUT2D eigenvalue weighted by Gasteiger charge is -2.30. The number of carbonyl (C=O) groups excluding carboxylic acids is 1. The van der Waals surface area contributed by atoms with Gasteiger partial charge in [-0.2, -0.15) is 4.80 Å². The van der Waals surface area contributed by atoms with E-state index in [0.29, 0.717) is 5.82 Å². The van der Waals surface area contributed by atoms with Gasteiger partial charge in [-0.25, -0.2) is 0 Å². The molecule has 10 heteroatoms. The second-order valence-corrected chi connectivity index (χ2v) is 8.50. The zero-order valence-corrected chi connectivity index (χ0v) is 18.6. The first-order valence-electron chi connectivity index (χ1n) is 11.1. The van der Waals surface area contributed by atoms with Crippen LogP contribution in [0.4, 0.5) is 5.69 Å². The summed E-state index contributed by atoms with van der Waals surface area (Å²) in [6.07, 6.45) is 2.51. The number of benzene rings is 2. The number of nitrogens with one attached hydrogen (secondary N) is 1. The summed E-state index contributed by atoms with van der Waals surface area (Å²) in [4.78, 5) is 26.2. The van der Waals surface area contributed by atoms with Crippen molar-refractivity contribution in [3.05, 3.63) is 69.8 Å². The van der Waals surface area contributed by atoms with Gasteiger partial charge in [-0.3, -0.25) is 19.8 Å². The summed E-state index contributed by atoms with van der Waals surface area (Å²) in [6.45, 7) is 5.74. The second-order valence-electron chi connectivity index (χ2n) is 8.50. The van der Waals surface area contributed by atoms with Crippen molar-refractivity contribution < 1.29 is 9.72 Å². The largest absolute Gasteiger partial charge is 0.350 e. The molecule has 0 radical (unpaired) electrons. The van der Waals surface area contributed by atoms with E-state index in [2.05, 4.69) is 44.7 Å². The summed E-state index contributed by atoms with van der Waals surface area (Å²) >= 11 is 0. The molecule has 0 atom stereocenters. The minimum Gasteiger partial charge on any atom is -0.350 e. The summed E-state index contributed by atoms with van der Waals surface area (Å²) in [6, 6.07) is 14.2. The fraction of sp³-hybridized carbons (Fsp3) is 0.391. The maximum atomic E-state index is 12.2. The number of likely N-dealkylation sites (tertiary alicyclic amines) is 1. The summed E-state index contributed by atoms with van der Waals surface area (Å²) in [7, 11) is 0. The van der Waals surface area contributed by atoms with Gasteiger partial charge in [0.1, 0.15) is 6.54 Å².